The molecule has 20 heavy (non-hydrogen) atoms. The minimum Gasteiger partial charge on any atom is -0.463 e. The minimum atomic E-state index is -4.19. The molecule has 0 aliphatic heterocycles. The Morgan fingerprint density at radius 3 is 2.35 bits per heavy atom. The Morgan fingerprint density at radius 2 is 1.80 bits per heavy atom. The molecular weight excluding hydrogens is 277 g/mol. The molecule has 0 aromatic carbocycles. The molecule has 0 atom stereocenters. The Labute approximate surface area is 114 Å². The average molecular weight is 294 g/mol. The fraction of sp³-hybridized carbons (Fsp3) is 0.727. The highest BCUT2D eigenvalue weighted by molar-refractivity contribution is 5.26. The van der Waals surface area contributed by atoms with E-state index in [1.165, 1.54) is 0 Å². The molecule has 0 aliphatic rings. The zero-order valence-electron chi connectivity index (χ0n) is 11.5. The largest absolute Gasteiger partial charge is 0.463 e. The van der Waals surface area contributed by atoms with Crippen molar-refractivity contribution in [2.45, 2.75) is 39.0 Å². The normalized spacial score (nSPS) is 11.6. The Bertz CT molecular complexity index is 427. The SMILES string of the molecule is CNc1nc(OCCCC(F)(F)F)nc(OC(C)C)n1. The van der Waals surface area contributed by atoms with Crippen LogP contribution in [0.15, 0.2) is 0 Å². The number of nitrogens with zero attached hydrogens (tertiary/aromatic N) is 3. The molecule has 1 heterocycles. The number of rotatable bonds is 7. The third kappa shape index (κ3) is 6.39. The second kappa shape index (κ2) is 7.11. The van der Waals surface area contributed by atoms with Crippen LogP contribution in [0.5, 0.6) is 12.0 Å². The lowest BCUT2D eigenvalue weighted by Crippen LogP contribution is -2.13. The molecule has 0 amide bonds. The van der Waals surface area contributed by atoms with Gasteiger partial charge < -0.3 is 14.8 Å². The van der Waals surface area contributed by atoms with Crippen molar-refractivity contribution in [2.24, 2.45) is 0 Å². The predicted molar refractivity (Wildman–Crippen MR) is 65.9 cm³/mol. The van der Waals surface area contributed by atoms with E-state index in [1.807, 2.05) is 0 Å². The predicted octanol–water partition coefficient (Wildman–Crippen LogP) is 2.42. The van der Waals surface area contributed by atoms with Crippen molar-refractivity contribution in [3.63, 3.8) is 0 Å². The van der Waals surface area contributed by atoms with Gasteiger partial charge in [-0.2, -0.15) is 23.1 Å². The summed E-state index contributed by atoms with van der Waals surface area (Å²) in [6, 6.07) is -0.00709. The van der Waals surface area contributed by atoms with Crippen LogP contribution in [-0.4, -0.2) is 40.9 Å². The van der Waals surface area contributed by atoms with E-state index in [1.54, 1.807) is 20.9 Å². The van der Waals surface area contributed by atoms with Gasteiger partial charge in [0.25, 0.3) is 0 Å². The van der Waals surface area contributed by atoms with Gasteiger partial charge >= 0.3 is 18.2 Å². The van der Waals surface area contributed by atoms with Crippen LogP contribution >= 0.6 is 0 Å². The molecule has 0 fully saturated rings. The monoisotopic (exact) mass is 294 g/mol. The lowest BCUT2D eigenvalue weighted by molar-refractivity contribution is -0.136. The molecule has 1 N–H and O–H groups in total. The molecule has 1 rings (SSSR count). The minimum absolute atomic E-state index is 0.0603. The van der Waals surface area contributed by atoms with Crippen LogP contribution in [0.2, 0.25) is 0 Å². The van der Waals surface area contributed by atoms with Gasteiger partial charge in [0.2, 0.25) is 5.95 Å². The van der Waals surface area contributed by atoms with Crippen molar-refractivity contribution in [2.75, 3.05) is 19.0 Å². The van der Waals surface area contributed by atoms with Gasteiger partial charge in [0.15, 0.2) is 0 Å². The van der Waals surface area contributed by atoms with Crippen LogP contribution in [0.3, 0.4) is 0 Å². The smallest absolute Gasteiger partial charge is 0.389 e. The van der Waals surface area contributed by atoms with Gasteiger partial charge in [-0.1, -0.05) is 0 Å². The highest BCUT2D eigenvalue weighted by Gasteiger charge is 2.26. The van der Waals surface area contributed by atoms with Crippen LogP contribution in [0.4, 0.5) is 19.1 Å². The Morgan fingerprint density at radius 1 is 1.15 bits per heavy atom. The van der Waals surface area contributed by atoms with Gasteiger partial charge in [0, 0.05) is 13.5 Å². The molecule has 1 aromatic heterocycles. The van der Waals surface area contributed by atoms with E-state index in [0.717, 1.165) is 0 Å². The second-order valence-electron chi connectivity index (χ2n) is 4.21. The van der Waals surface area contributed by atoms with Crippen molar-refractivity contribution in [3.05, 3.63) is 0 Å². The number of nitrogens with one attached hydrogen (secondary N) is 1. The summed E-state index contributed by atoms with van der Waals surface area (Å²) >= 11 is 0. The second-order valence-corrected chi connectivity index (χ2v) is 4.21. The van der Waals surface area contributed by atoms with Gasteiger partial charge in [0.05, 0.1) is 12.7 Å². The van der Waals surface area contributed by atoms with E-state index in [2.05, 4.69) is 20.3 Å². The van der Waals surface area contributed by atoms with Crippen LogP contribution in [0.25, 0.3) is 0 Å². The lowest BCUT2D eigenvalue weighted by atomic mass is 10.3. The molecule has 114 valence electrons. The summed E-state index contributed by atoms with van der Waals surface area (Å²) in [5.74, 6) is 0.224. The first-order valence-electron chi connectivity index (χ1n) is 6.10. The van der Waals surface area contributed by atoms with E-state index in [4.69, 9.17) is 9.47 Å². The summed E-state index contributed by atoms with van der Waals surface area (Å²) in [6.07, 6.45) is -5.40. The van der Waals surface area contributed by atoms with E-state index >= 15 is 0 Å². The zero-order chi connectivity index (χ0) is 15.2. The standard InChI is InChI=1S/C11H17F3N4O2/c1-7(2)20-10-17-8(15-3)16-9(18-10)19-6-4-5-11(12,13)14/h7H,4-6H2,1-3H3,(H,15,16,17,18). The molecule has 9 heteroatoms. The van der Waals surface area contributed by atoms with E-state index in [0.29, 0.717) is 0 Å². The molecule has 1 aromatic rings. The average Bonchev–Trinajstić information content (AvgIpc) is 2.32. The zero-order valence-corrected chi connectivity index (χ0v) is 11.5. The maximum absolute atomic E-state index is 12.0. The number of alkyl halides is 3. The maximum atomic E-state index is 12.0. The van der Waals surface area contributed by atoms with Gasteiger partial charge in [-0.05, 0) is 20.3 Å². The summed E-state index contributed by atoms with van der Waals surface area (Å²) in [5, 5.41) is 2.69. The molecule has 0 saturated carbocycles. The third-order valence-electron chi connectivity index (χ3n) is 1.99. The first-order valence-corrected chi connectivity index (χ1v) is 6.10. The van der Waals surface area contributed by atoms with Gasteiger partial charge in [-0.25, -0.2) is 0 Å². The molecule has 0 bridgehead atoms. The lowest BCUT2D eigenvalue weighted by Gasteiger charge is -2.11. The van der Waals surface area contributed by atoms with Crippen molar-refractivity contribution >= 4 is 5.95 Å². The molecular formula is C11H17F3N4O2. The molecule has 0 saturated heterocycles. The molecule has 0 radical (unpaired) electrons. The number of anilines is 1. The molecule has 0 aliphatic carbocycles. The fourth-order valence-corrected chi connectivity index (χ4v) is 1.21. The highest BCUT2D eigenvalue weighted by atomic mass is 19.4. The highest BCUT2D eigenvalue weighted by Crippen LogP contribution is 2.21. The van der Waals surface area contributed by atoms with Crippen molar-refractivity contribution < 1.29 is 22.6 Å². The molecule has 0 spiro atoms. The fourth-order valence-electron chi connectivity index (χ4n) is 1.21. The van der Waals surface area contributed by atoms with Crippen LogP contribution < -0.4 is 14.8 Å². The van der Waals surface area contributed by atoms with Crippen LogP contribution in [0, 0.1) is 0 Å². The van der Waals surface area contributed by atoms with E-state index < -0.39 is 12.6 Å². The summed E-state index contributed by atoms with van der Waals surface area (Å²) < 4.78 is 46.3. The number of aromatic nitrogens is 3. The van der Waals surface area contributed by atoms with E-state index in [9.17, 15) is 13.2 Å². The number of hydrogen-bond acceptors (Lipinski definition) is 6. The summed E-state index contributed by atoms with van der Waals surface area (Å²) in [4.78, 5) is 11.7. The van der Waals surface area contributed by atoms with Gasteiger partial charge in [0.1, 0.15) is 0 Å². The Hall–Kier alpha value is -1.80. The topological polar surface area (TPSA) is 69.2 Å². The molecule has 6 nitrogen and oxygen atoms in total. The Balaban J connectivity index is 2.60. The molecule has 0 unspecified atom stereocenters. The summed E-state index contributed by atoms with van der Waals surface area (Å²) in [7, 11) is 1.60. The van der Waals surface area contributed by atoms with Crippen LogP contribution in [-0.2, 0) is 0 Å². The number of hydrogen-bond donors (Lipinski definition) is 1. The first-order chi connectivity index (χ1) is 9.30. The van der Waals surface area contributed by atoms with Gasteiger partial charge in [-0.15, -0.1) is 4.98 Å². The van der Waals surface area contributed by atoms with Crippen LogP contribution in [0.1, 0.15) is 26.7 Å². The summed E-state index contributed by atoms with van der Waals surface area (Å²) in [6.45, 7) is 3.47. The Kier molecular flexibility index (Phi) is 5.78. The van der Waals surface area contributed by atoms with Crippen molar-refractivity contribution in [1.29, 1.82) is 0 Å². The van der Waals surface area contributed by atoms with Crippen molar-refractivity contribution in [1.82, 2.24) is 15.0 Å². The first kappa shape index (κ1) is 16.3. The summed E-state index contributed by atoms with van der Waals surface area (Å²) in [5.41, 5.74) is 0. The van der Waals surface area contributed by atoms with E-state index in [-0.39, 0.29) is 37.1 Å². The maximum Gasteiger partial charge on any atom is 0.389 e. The third-order valence-corrected chi connectivity index (χ3v) is 1.99. The van der Waals surface area contributed by atoms with Crippen molar-refractivity contribution in [3.8, 4) is 12.0 Å². The number of ether oxygens (including phenoxy) is 2. The number of halogens is 3. The quantitative estimate of drug-likeness (QED) is 0.779. The van der Waals surface area contributed by atoms with Gasteiger partial charge in [-0.3, -0.25) is 0 Å².